The van der Waals surface area contributed by atoms with E-state index in [-0.39, 0.29) is 0 Å². The van der Waals surface area contributed by atoms with E-state index in [1.54, 1.807) is 0 Å². The molecule has 0 amide bonds. The molecule has 31 heavy (non-hydrogen) atoms. The Balaban J connectivity index is 1.31. The molecule has 7 nitrogen and oxygen atoms in total. The molecule has 0 aliphatic carbocycles. The highest BCUT2D eigenvalue weighted by Gasteiger charge is 2.21. The second-order valence-corrected chi connectivity index (χ2v) is 8.25. The van der Waals surface area contributed by atoms with Gasteiger partial charge in [-0.2, -0.15) is 0 Å². The summed E-state index contributed by atoms with van der Waals surface area (Å²) in [5.74, 6) is -0.450. The van der Waals surface area contributed by atoms with Crippen LogP contribution in [0.1, 0.15) is 49.0 Å². The zero-order valence-corrected chi connectivity index (χ0v) is 17.8. The van der Waals surface area contributed by atoms with Gasteiger partial charge in [0.25, 0.3) is 0 Å². The van der Waals surface area contributed by atoms with Crippen LogP contribution in [0.15, 0.2) is 54.7 Å². The van der Waals surface area contributed by atoms with Crippen molar-refractivity contribution in [1.82, 2.24) is 24.6 Å². The van der Waals surface area contributed by atoms with E-state index < -0.39 is 5.97 Å². The molecule has 2 aromatic carbocycles. The molecule has 4 aromatic rings. The lowest BCUT2D eigenvalue weighted by Crippen LogP contribution is -2.35. The van der Waals surface area contributed by atoms with E-state index in [4.69, 9.17) is 4.84 Å². The van der Waals surface area contributed by atoms with E-state index in [2.05, 4.69) is 39.0 Å². The number of piperidine rings is 1. The van der Waals surface area contributed by atoms with Gasteiger partial charge in [-0.25, -0.2) is 4.79 Å². The molecular formula is C24H27N5O2. The molecule has 1 aliphatic rings. The summed E-state index contributed by atoms with van der Waals surface area (Å²) in [5, 5.41) is 9.00. The fraction of sp³-hybridized carbons (Fsp3) is 0.375. The minimum absolute atomic E-state index is 0.450. The Morgan fingerprint density at radius 3 is 2.77 bits per heavy atom. The average molecular weight is 418 g/mol. The Bertz CT molecular complexity index is 1200. The summed E-state index contributed by atoms with van der Waals surface area (Å²) in [7, 11) is 0. The van der Waals surface area contributed by atoms with E-state index in [9.17, 15) is 4.79 Å². The van der Waals surface area contributed by atoms with Crippen molar-refractivity contribution < 1.29 is 9.63 Å². The number of hydrogen-bond acceptors (Lipinski definition) is 5. The van der Waals surface area contributed by atoms with Gasteiger partial charge in [0.1, 0.15) is 11.0 Å². The first kappa shape index (κ1) is 19.8. The average Bonchev–Trinajstić information content (AvgIpc) is 3.42. The molecule has 0 spiro atoms. The number of carbonyl (C=O) groups is 1. The van der Waals surface area contributed by atoms with Gasteiger partial charge in [-0.05, 0) is 67.4 Å². The lowest BCUT2D eigenvalue weighted by atomic mass is 10.0. The van der Waals surface area contributed by atoms with Gasteiger partial charge in [-0.15, -0.1) is 5.10 Å². The quantitative estimate of drug-likeness (QED) is 0.442. The Kier molecular flexibility index (Phi) is 5.42. The summed E-state index contributed by atoms with van der Waals surface area (Å²) in [5.41, 5.74) is 3.01. The van der Waals surface area contributed by atoms with E-state index in [1.165, 1.54) is 24.2 Å². The second kappa shape index (κ2) is 8.51. The number of likely N-dealkylation sites (tertiary alicyclic amines) is 1. The molecule has 160 valence electrons. The lowest BCUT2D eigenvalue weighted by molar-refractivity contribution is 0.0409. The fourth-order valence-corrected chi connectivity index (χ4v) is 4.46. The maximum Gasteiger partial charge on any atom is 0.365 e. The summed E-state index contributed by atoms with van der Waals surface area (Å²) in [4.78, 5) is 21.9. The van der Waals surface area contributed by atoms with E-state index in [1.807, 2.05) is 42.5 Å². The summed E-state index contributed by atoms with van der Waals surface area (Å²) in [6.45, 7) is 5.76. The molecule has 3 heterocycles. The van der Waals surface area contributed by atoms with E-state index in [0.29, 0.717) is 22.6 Å². The van der Waals surface area contributed by atoms with Gasteiger partial charge in [0.2, 0.25) is 0 Å². The first-order valence-electron chi connectivity index (χ1n) is 11.1. The minimum atomic E-state index is -0.450. The molecule has 0 unspecified atom stereocenters. The van der Waals surface area contributed by atoms with Crippen molar-refractivity contribution >= 4 is 27.9 Å². The number of aromatic nitrogens is 4. The summed E-state index contributed by atoms with van der Waals surface area (Å²) in [6.07, 6.45) is 7.00. The number of para-hydroxylation sites is 1. The molecular weight excluding hydrogens is 390 g/mol. The number of hydrogen-bond donors (Lipinski definition) is 0. The number of benzene rings is 2. The van der Waals surface area contributed by atoms with Crippen LogP contribution in [0.5, 0.6) is 0 Å². The molecule has 1 aliphatic heterocycles. The minimum Gasteiger partial charge on any atom is -0.344 e. The standard InChI is InChI=1S/C24H27N5O2/c1-2-3-13-27-14-11-20(12-15-27)28-16-10-18-17-19(8-9-22(18)28)24(30)31-29-23-7-5-4-6-21(23)25-26-29/h4-10,16-17,20H,2-3,11-15H2,1H3. The van der Waals surface area contributed by atoms with Crippen LogP contribution < -0.4 is 4.84 Å². The third kappa shape index (κ3) is 3.93. The Morgan fingerprint density at radius 2 is 1.94 bits per heavy atom. The van der Waals surface area contributed by atoms with Crippen LogP contribution in [0, 0.1) is 0 Å². The van der Waals surface area contributed by atoms with Gasteiger partial charge in [-0.1, -0.05) is 30.3 Å². The van der Waals surface area contributed by atoms with Crippen LogP contribution >= 0.6 is 0 Å². The molecule has 5 rings (SSSR count). The first-order valence-corrected chi connectivity index (χ1v) is 11.1. The molecule has 1 fully saturated rings. The van der Waals surface area contributed by atoms with Gasteiger partial charge < -0.3 is 14.3 Å². The van der Waals surface area contributed by atoms with Crippen molar-refractivity contribution in [1.29, 1.82) is 0 Å². The Labute approximate surface area is 181 Å². The van der Waals surface area contributed by atoms with Crippen LogP contribution in [-0.2, 0) is 0 Å². The smallest absolute Gasteiger partial charge is 0.344 e. The normalized spacial score (nSPS) is 15.6. The topological polar surface area (TPSA) is 65.2 Å². The predicted octanol–water partition coefficient (Wildman–Crippen LogP) is 4.09. The third-order valence-corrected chi connectivity index (χ3v) is 6.23. The van der Waals surface area contributed by atoms with E-state index >= 15 is 0 Å². The highest BCUT2D eigenvalue weighted by molar-refractivity contribution is 5.95. The van der Waals surface area contributed by atoms with Crippen molar-refractivity contribution in [2.75, 3.05) is 19.6 Å². The van der Waals surface area contributed by atoms with Gasteiger partial charge in [0.15, 0.2) is 0 Å². The monoisotopic (exact) mass is 417 g/mol. The van der Waals surface area contributed by atoms with Crippen molar-refractivity contribution in [3.05, 3.63) is 60.3 Å². The molecule has 0 bridgehead atoms. The molecule has 0 radical (unpaired) electrons. The maximum atomic E-state index is 12.7. The van der Waals surface area contributed by atoms with Crippen molar-refractivity contribution in [3.63, 3.8) is 0 Å². The van der Waals surface area contributed by atoms with Gasteiger partial charge in [0.05, 0.1) is 5.56 Å². The Hall–Kier alpha value is -3.19. The predicted molar refractivity (Wildman–Crippen MR) is 120 cm³/mol. The van der Waals surface area contributed by atoms with Crippen molar-refractivity contribution in [2.24, 2.45) is 0 Å². The largest absolute Gasteiger partial charge is 0.365 e. The number of rotatable bonds is 6. The molecule has 0 N–H and O–H groups in total. The zero-order chi connectivity index (χ0) is 21.2. The van der Waals surface area contributed by atoms with Crippen LogP contribution in [0.3, 0.4) is 0 Å². The Morgan fingerprint density at radius 1 is 1.10 bits per heavy atom. The lowest BCUT2D eigenvalue weighted by Gasteiger charge is -2.33. The molecule has 0 saturated carbocycles. The van der Waals surface area contributed by atoms with E-state index in [0.717, 1.165) is 36.8 Å². The SMILES string of the molecule is CCCCN1CCC(n2ccc3cc(C(=O)On4nnc5ccccc54)ccc32)CC1. The van der Waals surface area contributed by atoms with Gasteiger partial charge in [0, 0.05) is 36.2 Å². The second-order valence-electron chi connectivity index (χ2n) is 8.25. The summed E-state index contributed by atoms with van der Waals surface area (Å²) in [6, 6.07) is 15.7. The van der Waals surface area contributed by atoms with Gasteiger partial charge in [-0.3, -0.25) is 0 Å². The molecule has 1 saturated heterocycles. The van der Waals surface area contributed by atoms with Crippen LogP contribution in [0.4, 0.5) is 0 Å². The molecule has 2 aromatic heterocycles. The maximum absolute atomic E-state index is 12.7. The highest BCUT2D eigenvalue weighted by atomic mass is 16.7. The van der Waals surface area contributed by atoms with Crippen LogP contribution in [0.2, 0.25) is 0 Å². The number of nitrogens with zero attached hydrogens (tertiary/aromatic N) is 5. The summed E-state index contributed by atoms with van der Waals surface area (Å²) >= 11 is 0. The number of fused-ring (bicyclic) bond motifs is 2. The summed E-state index contributed by atoms with van der Waals surface area (Å²) < 4.78 is 2.37. The van der Waals surface area contributed by atoms with Crippen molar-refractivity contribution in [2.45, 2.75) is 38.6 Å². The van der Waals surface area contributed by atoms with Crippen molar-refractivity contribution in [3.8, 4) is 0 Å². The van der Waals surface area contributed by atoms with Crippen LogP contribution in [0.25, 0.3) is 21.9 Å². The molecule has 7 heteroatoms. The molecule has 0 atom stereocenters. The third-order valence-electron chi connectivity index (χ3n) is 6.23. The van der Waals surface area contributed by atoms with Crippen LogP contribution in [-0.4, -0.2) is 50.2 Å². The highest BCUT2D eigenvalue weighted by Crippen LogP contribution is 2.28. The number of carbonyl (C=O) groups excluding carboxylic acids is 1. The fourth-order valence-electron chi connectivity index (χ4n) is 4.46. The number of unbranched alkanes of at least 4 members (excludes halogenated alkanes) is 1. The van der Waals surface area contributed by atoms with Gasteiger partial charge >= 0.3 is 5.97 Å². The first-order chi connectivity index (χ1) is 15.2. The zero-order valence-electron chi connectivity index (χ0n) is 17.8.